The largest absolute Gasteiger partial charge is 0.444 e. The first-order valence-corrected chi connectivity index (χ1v) is 13.7. The molecule has 3 unspecified atom stereocenters. The molecule has 2 aliphatic heterocycles. The van der Waals surface area contributed by atoms with Gasteiger partial charge in [0.1, 0.15) is 23.9 Å². The van der Waals surface area contributed by atoms with Gasteiger partial charge in [-0.15, -0.1) is 0 Å². The van der Waals surface area contributed by atoms with Gasteiger partial charge in [-0.1, -0.05) is 30.5 Å². The second-order valence-corrected chi connectivity index (χ2v) is 11.2. The van der Waals surface area contributed by atoms with E-state index in [1.165, 1.54) is 0 Å². The Morgan fingerprint density at radius 1 is 1.21 bits per heavy atom. The van der Waals surface area contributed by atoms with Crippen molar-refractivity contribution >= 4 is 42.1 Å². The summed E-state index contributed by atoms with van der Waals surface area (Å²) in [5, 5.41) is 13.6. The monoisotopic (exact) mass is 544 g/mol. The first kappa shape index (κ1) is 29.5. The average molecular weight is 545 g/mol. The molecule has 38 heavy (non-hydrogen) atoms. The molecule has 0 aromatic heterocycles. The quantitative estimate of drug-likeness (QED) is 0.357. The number of hydrogen-bond donors (Lipinski definition) is 2. The number of aldehydes is 1. The number of hydrogen-bond acceptors (Lipinski definition) is 8. The van der Waals surface area contributed by atoms with Gasteiger partial charge in [-0.3, -0.25) is 10.0 Å². The molecule has 208 valence electrons. The fraction of sp³-hybridized carbons (Fsp3) is 0.571. The highest BCUT2D eigenvalue weighted by atomic mass is 35.5. The summed E-state index contributed by atoms with van der Waals surface area (Å²) in [6.07, 6.45) is 11.3. The Morgan fingerprint density at radius 2 is 2.03 bits per heavy atom. The molecule has 3 rings (SSSR count). The number of carbonyl (C=O) groups is 2. The van der Waals surface area contributed by atoms with Gasteiger partial charge in [-0.05, 0) is 64.3 Å². The molecule has 3 atom stereocenters. The van der Waals surface area contributed by atoms with Crippen molar-refractivity contribution in [3.63, 3.8) is 0 Å². The molecule has 0 bridgehead atoms. The molecule has 9 nitrogen and oxygen atoms in total. The predicted octanol–water partition coefficient (Wildman–Crippen LogP) is 5.29. The zero-order chi connectivity index (χ0) is 27.5. The van der Waals surface area contributed by atoms with Crippen LogP contribution in [0.4, 0.5) is 10.5 Å². The summed E-state index contributed by atoms with van der Waals surface area (Å²) >= 11 is 6.19. The summed E-state index contributed by atoms with van der Waals surface area (Å²) in [7, 11) is 1.87. The van der Waals surface area contributed by atoms with Crippen LogP contribution in [-0.2, 0) is 9.53 Å². The summed E-state index contributed by atoms with van der Waals surface area (Å²) < 4.78 is 5.60. The van der Waals surface area contributed by atoms with Gasteiger partial charge < -0.3 is 25.1 Å². The topological polar surface area (TPSA) is 98.6 Å². The van der Waals surface area contributed by atoms with E-state index in [4.69, 9.17) is 21.3 Å². The molecule has 1 fully saturated rings. The molecule has 1 amide bonds. The Bertz CT molecular complexity index is 1020. The number of aliphatic imine (C=N–C) groups is 1. The smallest absolute Gasteiger partial charge is 0.410 e. The molecule has 1 saturated heterocycles. The molecular formula is C28H41ClN6O3. The molecule has 1 aromatic rings. The van der Waals surface area contributed by atoms with E-state index in [0.717, 1.165) is 44.1 Å². The summed E-state index contributed by atoms with van der Waals surface area (Å²) in [4.78, 5) is 30.7. The lowest BCUT2D eigenvalue weighted by Crippen LogP contribution is -2.46. The van der Waals surface area contributed by atoms with Crippen molar-refractivity contribution in [2.75, 3.05) is 25.5 Å². The highest BCUT2D eigenvalue weighted by molar-refractivity contribution is 6.30. The second kappa shape index (κ2) is 14.2. The lowest BCUT2D eigenvalue weighted by molar-refractivity contribution is -0.110. The molecule has 1 aromatic carbocycles. The fourth-order valence-electron chi connectivity index (χ4n) is 4.33. The number of carbonyl (C=O) groups excluding carboxylic acids is 2. The van der Waals surface area contributed by atoms with E-state index in [2.05, 4.69) is 15.7 Å². The van der Waals surface area contributed by atoms with Crippen molar-refractivity contribution in [2.45, 2.75) is 77.1 Å². The van der Waals surface area contributed by atoms with Crippen LogP contribution in [-0.4, -0.2) is 72.7 Å². The molecule has 2 heterocycles. The van der Waals surface area contributed by atoms with Crippen LogP contribution in [0.3, 0.4) is 0 Å². The SMILES string of the molecule is CN1N=CC(C=O)CC1NC(=CC=NC1CCCCCN(C(=O)OC(C)(C)C)CC1)Nc1cccc(Cl)c1. The number of nitrogens with one attached hydrogen (secondary N) is 2. The molecule has 0 radical (unpaired) electrons. The number of hydrazone groups is 1. The maximum atomic E-state index is 12.7. The summed E-state index contributed by atoms with van der Waals surface area (Å²) in [5.74, 6) is 0.477. The van der Waals surface area contributed by atoms with E-state index in [-0.39, 0.29) is 24.2 Å². The maximum absolute atomic E-state index is 12.7. The zero-order valence-corrected chi connectivity index (χ0v) is 23.7. The lowest BCUT2D eigenvalue weighted by Gasteiger charge is -2.32. The van der Waals surface area contributed by atoms with Crippen LogP contribution >= 0.6 is 11.6 Å². The third-order valence-electron chi connectivity index (χ3n) is 6.37. The van der Waals surface area contributed by atoms with Gasteiger partial charge in [0.2, 0.25) is 0 Å². The average Bonchev–Trinajstić information content (AvgIpc) is 2.97. The molecule has 2 aliphatic rings. The van der Waals surface area contributed by atoms with Crippen LogP contribution in [0.1, 0.15) is 59.3 Å². The highest BCUT2D eigenvalue weighted by Gasteiger charge is 2.24. The molecule has 0 spiro atoms. The van der Waals surface area contributed by atoms with E-state index < -0.39 is 5.60 Å². The zero-order valence-electron chi connectivity index (χ0n) is 22.9. The van der Waals surface area contributed by atoms with Gasteiger partial charge in [0.25, 0.3) is 0 Å². The van der Waals surface area contributed by atoms with Crippen LogP contribution in [0.2, 0.25) is 5.02 Å². The standard InChI is InChI=1S/C28H41ClN6O3/c1-28(2,3)38-27(37)35-15-7-5-6-10-23(13-16-35)30-14-12-25(32-24-11-8-9-22(29)18-24)33-26-17-21(20-36)19-31-34(26)4/h8-9,11-12,14,18-21,23,26,32-33H,5-7,10,13,15-17H2,1-4H3. The highest BCUT2D eigenvalue weighted by Crippen LogP contribution is 2.19. The minimum Gasteiger partial charge on any atom is -0.444 e. The number of ether oxygens (including phenoxy) is 1. The normalized spacial score (nSPS) is 23.4. The predicted molar refractivity (Wildman–Crippen MR) is 154 cm³/mol. The Hall–Kier alpha value is -3.07. The molecule has 0 saturated carbocycles. The Balaban J connectivity index is 1.72. The van der Waals surface area contributed by atoms with E-state index in [1.807, 2.05) is 69.3 Å². The Labute approximate surface area is 231 Å². The Morgan fingerprint density at radius 3 is 2.76 bits per heavy atom. The summed E-state index contributed by atoms with van der Waals surface area (Å²) in [6, 6.07) is 7.57. The van der Waals surface area contributed by atoms with Crippen molar-refractivity contribution in [1.29, 1.82) is 0 Å². The van der Waals surface area contributed by atoms with Gasteiger partial charge in [-0.2, -0.15) is 5.10 Å². The van der Waals surface area contributed by atoms with Crippen LogP contribution in [0.5, 0.6) is 0 Å². The van der Waals surface area contributed by atoms with Gasteiger partial charge in [0.15, 0.2) is 0 Å². The molecule has 2 N–H and O–H groups in total. The van der Waals surface area contributed by atoms with E-state index in [1.54, 1.807) is 11.2 Å². The van der Waals surface area contributed by atoms with Crippen LogP contribution < -0.4 is 10.6 Å². The van der Waals surface area contributed by atoms with Gasteiger partial charge in [0, 0.05) is 49.7 Å². The number of anilines is 1. The molecule has 10 heteroatoms. The van der Waals surface area contributed by atoms with Gasteiger partial charge in [0.05, 0.1) is 12.0 Å². The minimum absolute atomic E-state index is 0.100. The lowest BCUT2D eigenvalue weighted by atomic mass is 10.1. The number of amides is 1. The summed E-state index contributed by atoms with van der Waals surface area (Å²) in [5.41, 5.74) is 0.315. The van der Waals surface area contributed by atoms with E-state index in [9.17, 15) is 9.59 Å². The number of nitrogens with zero attached hydrogens (tertiary/aromatic N) is 4. The maximum Gasteiger partial charge on any atom is 0.410 e. The Kier molecular flexibility index (Phi) is 11.0. The first-order valence-electron chi connectivity index (χ1n) is 13.4. The first-order chi connectivity index (χ1) is 18.1. The van der Waals surface area contributed by atoms with Gasteiger partial charge in [-0.25, -0.2) is 4.79 Å². The fourth-order valence-corrected chi connectivity index (χ4v) is 4.52. The third kappa shape index (κ3) is 10.0. The molecule has 0 aliphatic carbocycles. The number of allylic oxidation sites excluding steroid dienone is 1. The van der Waals surface area contributed by atoms with Crippen LogP contribution in [0.15, 0.2) is 46.3 Å². The van der Waals surface area contributed by atoms with Crippen molar-refractivity contribution in [2.24, 2.45) is 16.0 Å². The van der Waals surface area contributed by atoms with Crippen LogP contribution in [0, 0.1) is 5.92 Å². The van der Waals surface area contributed by atoms with Crippen molar-refractivity contribution in [1.82, 2.24) is 15.2 Å². The van der Waals surface area contributed by atoms with Crippen molar-refractivity contribution in [3.05, 3.63) is 41.2 Å². The van der Waals surface area contributed by atoms with E-state index in [0.29, 0.717) is 30.4 Å². The third-order valence-corrected chi connectivity index (χ3v) is 6.61. The number of rotatable bonds is 7. The molecular weight excluding hydrogens is 504 g/mol. The summed E-state index contributed by atoms with van der Waals surface area (Å²) in [6.45, 7) is 6.99. The second-order valence-electron chi connectivity index (χ2n) is 10.8. The minimum atomic E-state index is -0.513. The van der Waals surface area contributed by atoms with Crippen molar-refractivity contribution < 1.29 is 14.3 Å². The van der Waals surface area contributed by atoms with Crippen LogP contribution in [0.25, 0.3) is 0 Å². The van der Waals surface area contributed by atoms with Gasteiger partial charge >= 0.3 is 6.09 Å². The number of benzene rings is 1. The van der Waals surface area contributed by atoms with E-state index >= 15 is 0 Å². The van der Waals surface area contributed by atoms with Crippen molar-refractivity contribution in [3.8, 4) is 0 Å². The number of halogens is 1.